The molecule has 1 heterocycles. The Labute approximate surface area is 542 Å². The van der Waals surface area contributed by atoms with E-state index in [1.165, 1.54) is 89.3 Å². The first-order chi connectivity index (χ1) is 36.0. The molecule has 395 valence electrons. The molecule has 80 heavy (non-hydrogen) atoms. The Hall–Kier alpha value is -4.95. The zero-order valence-electron chi connectivity index (χ0n) is 49.1. The number of hydrogen-bond acceptors (Lipinski definition) is 0. The maximum absolute atomic E-state index is 3.40. The molecule has 6 heteroatoms. The summed E-state index contributed by atoms with van der Waals surface area (Å²) in [5.41, 5.74) is 29.4. The Kier molecular flexibility index (Phi) is 32.7. The largest absolute Gasteiger partial charge is 2.00 e. The summed E-state index contributed by atoms with van der Waals surface area (Å²) < 4.78 is 2.17. The Balaban J connectivity index is 0.000000492. The molecule has 1 aromatic heterocycles. The van der Waals surface area contributed by atoms with Crippen LogP contribution in [0.5, 0.6) is 0 Å². The fraction of sp³-hybridized carbons (Fsp3) is 0.203. The molecular weight excluding hydrogens is 1160 g/mol. The molecule has 0 aliphatic rings. The quantitative estimate of drug-likeness (QED) is 0.119. The van der Waals surface area contributed by atoms with E-state index < -0.39 is 0 Å². The van der Waals surface area contributed by atoms with Crippen LogP contribution in [0.3, 0.4) is 0 Å². The van der Waals surface area contributed by atoms with Crippen molar-refractivity contribution in [3.8, 4) is 55.6 Å². The van der Waals surface area contributed by atoms with E-state index >= 15 is 0 Å². The van der Waals surface area contributed by atoms with E-state index in [2.05, 4.69) is 224 Å². The molecule has 0 spiro atoms. The van der Waals surface area contributed by atoms with Crippen LogP contribution in [-0.2, 0) is 99.8 Å². The number of benzene rings is 9. The summed E-state index contributed by atoms with van der Waals surface area (Å²) in [6, 6.07) is 83.5. The van der Waals surface area contributed by atoms with Gasteiger partial charge < -0.3 is 0 Å². The van der Waals surface area contributed by atoms with Crippen LogP contribution in [0.1, 0.15) is 78.1 Å². The Morgan fingerprint density at radius 1 is 0.287 bits per heavy atom. The van der Waals surface area contributed by atoms with Crippen LogP contribution < -0.4 is 4.57 Å². The van der Waals surface area contributed by atoms with Gasteiger partial charge in [-0.15, -0.1) is 86.0 Å². The topological polar surface area (TPSA) is 3.88 Å². The molecule has 0 saturated heterocycles. The molecule has 0 amide bonds. The summed E-state index contributed by atoms with van der Waals surface area (Å²) in [7, 11) is 2.07. The van der Waals surface area contributed by atoms with Crippen molar-refractivity contribution >= 4 is 0 Å². The predicted molar refractivity (Wildman–Crippen MR) is 315 cm³/mol. The van der Waals surface area contributed by atoms with Crippen molar-refractivity contribution in [3.05, 3.63) is 290 Å². The van der Waals surface area contributed by atoms with Crippen molar-refractivity contribution in [2.24, 2.45) is 7.05 Å². The minimum Gasteiger partial charge on any atom is -0.291 e. The first kappa shape index (κ1) is 73.1. The van der Waals surface area contributed by atoms with E-state index in [4.69, 9.17) is 0 Å². The molecule has 0 atom stereocenters. The molecule has 0 aliphatic carbocycles. The number of nitrogens with zero attached hydrogens (tertiary/aromatic N) is 1. The second-order valence-electron chi connectivity index (χ2n) is 19.3. The van der Waals surface area contributed by atoms with Crippen molar-refractivity contribution < 1.29 is 97.3 Å². The van der Waals surface area contributed by atoms with Crippen molar-refractivity contribution in [1.29, 1.82) is 0 Å². The SMILES string of the molecule is Cc1[c-]c(-c2[c-]cccc2)cc(C)c1C.Cc1[c-]c(-c2[c-]cccc2)cc(C)c1C.Cc1c[c-]c(-c2[c-]cccc2)c(C)[n+]1C.Cc1c[c-]c(-c2[c-]cccc2)c(C)c1C.Cc1c[c-]c(-c2[c-]cccc2)c(C)c1C.[V+2].[V+2].[V+2].[V+2].[V+2]. The number of hydrogen-bond donors (Lipinski definition) is 0. The van der Waals surface area contributed by atoms with Gasteiger partial charge in [-0.1, -0.05) is 89.2 Å². The van der Waals surface area contributed by atoms with Crippen LogP contribution in [0.15, 0.2) is 152 Å². The number of pyridine rings is 1. The van der Waals surface area contributed by atoms with Crippen molar-refractivity contribution in [2.45, 2.75) is 96.9 Å². The van der Waals surface area contributed by atoms with E-state index in [1.54, 1.807) is 0 Å². The van der Waals surface area contributed by atoms with Gasteiger partial charge in [0.2, 0.25) is 0 Å². The first-order valence-corrected chi connectivity index (χ1v) is 25.7. The number of rotatable bonds is 5. The van der Waals surface area contributed by atoms with Crippen LogP contribution in [0.2, 0.25) is 0 Å². The summed E-state index contributed by atoms with van der Waals surface area (Å²) in [6.45, 7) is 29.8. The smallest absolute Gasteiger partial charge is 0.291 e. The van der Waals surface area contributed by atoms with Crippen LogP contribution in [0.25, 0.3) is 55.6 Å². The van der Waals surface area contributed by atoms with Gasteiger partial charge in [-0.2, -0.15) is 193 Å². The van der Waals surface area contributed by atoms with Crippen molar-refractivity contribution in [2.75, 3.05) is 0 Å². The molecule has 1 nitrogen and oxygen atoms in total. The van der Waals surface area contributed by atoms with Gasteiger partial charge in [0, 0.05) is 0 Å². The molecule has 0 N–H and O–H groups in total. The maximum Gasteiger partial charge on any atom is 2.00 e. The zero-order chi connectivity index (χ0) is 54.2. The average molecular weight is 1230 g/mol. The molecule has 0 fully saturated rings. The molecule has 5 radical (unpaired) electrons. The van der Waals surface area contributed by atoms with E-state index in [9.17, 15) is 0 Å². The van der Waals surface area contributed by atoms with E-state index in [-0.39, 0.29) is 92.8 Å². The van der Waals surface area contributed by atoms with Gasteiger partial charge in [-0.3, -0.25) is 4.57 Å². The first-order valence-electron chi connectivity index (χ1n) is 25.7. The summed E-state index contributed by atoms with van der Waals surface area (Å²) in [5, 5.41) is 0. The Bertz CT molecular complexity index is 3090. The van der Waals surface area contributed by atoms with Gasteiger partial charge in [0.25, 0.3) is 0 Å². The molecule has 10 rings (SSSR count). The molecule has 0 aliphatic heterocycles. The van der Waals surface area contributed by atoms with Crippen LogP contribution in [-0.4, -0.2) is 0 Å². The normalized spacial score (nSPS) is 9.69. The van der Waals surface area contributed by atoms with Gasteiger partial charge in [-0.05, 0) is 13.8 Å². The zero-order valence-corrected chi connectivity index (χ0v) is 56.1. The molecule has 0 unspecified atom stereocenters. The second kappa shape index (κ2) is 35.8. The summed E-state index contributed by atoms with van der Waals surface area (Å²) in [5.74, 6) is 0. The third kappa shape index (κ3) is 19.9. The monoisotopic (exact) mass is 1230 g/mol. The van der Waals surface area contributed by atoms with Gasteiger partial charge in [-0.25, -0.2) is 50.1 Å². The molecule has 0 bridgehead atoms. The molecule has 10 aromatic rings. The molecular formula is C74H70NV5+. The standard InChI is InChI=1S/4C15H14.C14H14N.5V/c2*1-11-9-15(10-12(2)13(11)3)14-7-5-4-6-8-14;2*1-11-9-10-15(13(3)12(11)2)14-7-5-4-6-8-14;1-11-9-10-14(12(2)15(11)3)13-7-5-4-6-8-13;;;;;/h5*4-7,9H,1-3H3;;;;;/q4*-2;-1;5*+2. The van der Waals surface area contributed by atoms with Crippen LogP contribution in [0, 0.1) is 158 Å². The third-order valence-electron chi connectivity index (χ3n) is 14.4. The fourth-order valence-electron chi connectivity index (χ4n) is 8.37. The molecule has 0 saturated carbocycles. The van der Waals surface area contributed by atoms with Crippen LogP contribution in [0.4, 0.5) is 0 Å². The minimum absolute atomic E-state index is 0. The van der Waals surface area contributed by atoms with Gasteiger partial charge >= 0.3 is 92.8 Å². The van der Waals surface area contributed by atoms with Crippen molar-refractivity contribution in [1.82, 2.24) is 0 Å². The maximum atomic E-state index is 3.40. The van der Waals surface area contributed by atoms with E-state index in [1.807, 2.05) is 97.1 Å². The fourth-order valence-corrected chi connectivity index (χ4v) is 8.37. The summed E-state index contributed by atoms with van der Waals surface area (Å²) in [6.07, 6.45) is 0. The average Bonchev–Trinajstić information content (AvgIpc) is 3.44. The third-order valence-corrected chi connectivity index (χ3v) is 14.4. The Morgan fingerprint density at radius 3 is 0.887 bits per heavy atom. The van der Waals surface area contributed by atoms with Gasteiger partial charge in [0.1, 0.15) is 7.05 Å². The van der Waals surface area contributed by atoms with Gasteiger partial charge in [0.15, 0.2) is 0 Å². The van der Waals surface area contributed by atoms with Crippen LogP contribution >= 0.6 is 0 Å². The minimum atomic E-state index is 0. The van der Waals surface area contributed by atoms with Crippen molar-refractivity contribution in [3.63, 3.8) is 0 Å². The number of aryl methyl sites for hydroxylation is 7. The molecule has 9 aromatic carbocycles. The summed E-state index contributed by atoms with van der Waals surface area (Å²) >= 11 is 0. The van der Waals surface area contributed by atoms with Gasteiger partial charge in [0.05, 0.1) is 11.4 Å². The Morgan fingerprint density at radius 2 is 0.588 bits per heavy atom. The number of aromatic nitrogens is 1. The summed E-state index contributed by atoms with van der Waals surface area (Å²) in [4.78, 5) is 0. The van der Waals surface area contributed by atoms with E-state index in [0.717, 1.165) is 44.5 Å². The predicted octanol–water partition coefficient (Wildman–Crippen LogP) is 17.9. The van der Waals surface area contributed by atoms with E-state index in [0.29, 0.717) is 0 Å². The second-order valence-corrected chi connectivity index (χ2v) is 19.3.